The Hall–Kier alpha value is -0.840. The van der Waals surface area contributed by atoms with Gasteiger partial charge in [-0.25, -0.2) is 0 Å². The van der Waals surface area contributed by atoms with Gasteiger partial charge >= 0.3 is 0 Å². The first-order valence-corrected chi connectivity index (χ1v) is 8.47. The maximum Gasteiger partial charge on any atom is 0.117 e. The van der Waals surface area contributed by atoms with Crippen LogP contribution in [0.1, 0.15) is 44.8 Å². The van der Waals surface area contributed by atoms with Gasteiger partial charge in [0.25, 0.3) is 0 Å². The van der Waals surface area contributed by atoms with Crippen LogP contribution in [-0.2, 0) is 11.3 Å². The van der Waals surface area contributed by atoms with Gasteiger partial charge in [0.15, 0.2) is 0 Å². The predicted molar refractivity (Wildman–Crippen MR) is 83.2 cm³/mol. The number of ether oxygens (including phenoxy) is 1. The molecule has 2 aliphatic rings. The van der Waals surface area contributed by atoms with Crippen LogP contribution in [0.25, 0.3) is 0 Å². The molecule has 1 N–H and O–H groups in total. The zero-order chi connectivity index (χ0) is 14.5. The molecule has 1 aromatic heterocycles. The number of hydrogen-bond donors (Lipinski definition) is 1. The van der Waals surface area contributed by atoms with Crippen molar-refractivity contribution in [3.05, 3.63) is 24.2 Å². The van der Waals surface area contributed by atoms with E-state index in [1.165, 1.54) is 32.1 Å². The predicted octanol–water partition coefficient (Wildman–Crippen LogP) is 2.79. The van der Waals surface area contributed by atoms with Crippen LogP contribution >= 0.6 is 0 Å². The maximum atomic E-state index is 6.20. The highest BCUT2D eigenvalue weighted by Crippen LogP contribution is 2.30. The molecule has 4 heteroatoms. The van der Waals surface area contributed by atoms with Gasteiger partial charge in [0.1, 0.15) is 5.76 Å². The lowest BCUT2D eigenvalue weighted by molar-refractivity contribution is 0.0189. The molecule has 1 aliphatic heterocycles. The van der Waals surface area contributed by atoms with Crippen molar-refractivity contribution < 1.29 is 9.15 Å². The Balaban J connectivity index is 1.44. The molecule has 1 aromatic rings. The van der Waals surface area contributed by atoms with Crippen LogP contribution in [0.4, 0.5) is 0 Å². The summed E-state index contributed by atoms with van der Waals surface area (Å²) in [6.07, 6.45) is 8.81. The van der Waals surface area contributed by atoms with Crippen LogP contribution < -0.4 is 5.32 Å². The molecule has 0 aromatic carbocycles. The Morgan fingerprint density at radius 2 is 2.10 bits per heavy atom. The smallest absolute Gasteiger partial charge is 0.117 e. The van der Waals surface area contributed by atoms with E-state index in [0.717, 1.165) is 38.0 Å². The minimum absolute atomic E-state index is 0.397. The van der Waals surface area contributed by atoms with Crippen molar-refractivity contribution in [1.82, 2.24) is 10.2 Å². The molecule has 1 saturated carbocycles. The van der Waals surface area contributed by atoms with Crippen LogP contribution in [-0.4, -0.2) is 42.8 Å². The van der Waals surface area contributed by atoms with Crippen LogP contribution in [0, 0.1) is 0 Å². The zero-order valence-corrected chi connectivity index (χ0v) is 13.1. The third-order valence-corrected chi connectivity index (χ3v) is 4.43. The van der Waals surface area contributed by atoms with Crippen molar-refractivity contribution in [3.8, 4) is 0 Å². The van der Waals surface area contributed by atoms with Crippen molar-refractivity contribution in [2.45, 2.75) is 63.8 Å². The second kappa shape index (κ2) is 7.43. The molecule has 3 rings (SSSR count). The van der Waals surface area contributed by atoms with Crippen LogP contribution in [0.15, 0.2) is 22.8 Å². The van der Waals surface area contributed by atoms with Gasteiger partial charge < -0.3 is 14.5 Å². The van der Waals surface area contributed by atoms with Gasteiger partial charge in [-0.3, -0.25) is 4.90 Å². The summed E-state index contributed by atoms with van der Waals surface area (Å²) >= 11 is 0. The molecular formula is C17H28N2O2. The molecule has 0 amide bonds. The number of rotatable bonds is 9. The molecule has 4 nitrogen and oxygen atoms in total. The van der Waals surface area contributed by atoms with Crippen molar-refractivity contribution in [2.24, 2.45) is 0 Å². The van der Waals surface area contributed by atoms with E-state index in [0.29, 0.717) is 12.2 Å². The standard InChI is InChI=1S/C17H28N2O2/c1-2-9-18-11-15-7-8-17(21-15)13-19(14-5-6-14)12-16-4-3-10-20-16/h3-4,10,14-15,17-18H,2,5-9,11-13H2,1H3. The summed E-state index contributed by atoms with van der Waals surface area (Å²) in [5.41, 5.74) is 0. The van der Waals surface area contributed by atoms with E-state index in [1.54, 1.807) is 6.26 Å². The first kappa shape index (κ1) is 15.1. The Labute approximate surface area is 127 Å². The maximum absolute atomic E-state index is 6.20. The molecule has 118 valence electrons. The fourth-order valence-corrected chi connectivity index (χ4v) is 3.15. The molecule has 0 spiro atoms. The lowest BCUT2D eigenvalue weighted by atomic mass is 10.2. The van der Waals surface area contributed by atoms with Crippen molar-refractivity contribution >= 4 is 0 Å². The topological polar surface area (TPSA) is 37.6 Å². The summed E-state index contributed by atoms with van der Waals surface area (Å²) in [4.78, 5) is 2.55. The van der Waals surface area contributed by atoms with Crippen molar-refractivity contribution in [2.75, 3.05) is 19.6 Å². The Bertz CT molecular complexity index is 403. The lowest BCUT2D eigenvalue weighted by Crippen LogP contribution is -2.35. The number of nitrogens with zero attached hydrogens (tertiary/aromatic N) is 1. The zero-order valence-electron chi connectivity index (χ0n) is 13.1. The SMILES string of the molecule is CCCNCC1CCC(CN(Cc2ccco2)C2CC2)O1. The van der Waals surface area contributed by atoms with Crippen molar-refractivity contribution in [3.63, 3.8) is 0 Å². The van der Waals surface area contributed by atoms with E-state index in [4.69, 9.17) is 9.15 Å². The van der Waals surface area contributed by atoms with Gasteiger partial charge in [0.2, 0.25) is 0 Å². The molecule has 2 fully saturated rings. The van der Waals surface area contributed by atoms with Gasteiger partial charge in [-0.1, -0.05) is 6.92 Å². The van der Waals surface area contributed by atoms with Gasteiger partial charge in [0, 0.05) is 19.1 Å². The highest BCUT2D eigenvalue weighted by Gasteiger charge is 2.33. The molecule has 21 heavy (non-hydrogen) atoms. The summed E-state index contributed by atoms with van der Waals surface area (Å²) in [5.74, 6) is 1.07. The third kappa shape index (κ3) is 4.56. The molecule has 2 atom stereocenters. The Morgan fingerprint density at radius 3 is 2.81 bits per heavy atom. The molecule has 2 unspecified atom stereocenters. The second-order valence-corrected chi connectivity index (χ2v) is 6.40. The van der Waals surface area contributed by atoms with E-state index in [9.17, 15) is 0 Å². The number of furan rings is 1. The monoisotopic (exact) mass is 292 g/mol. The van der Waals surface area contributed by atoms with Gasteiger partial charge in [-0.15, -0.1) is 0 Å². The lowest BCUT2D eigenvalue weighted by Gasteiger charge is -2.24. The molecule has 2 heterocycles. The van der Waals surface area contributed by atoms with Crippen LogP contribution in [0.2, 0.25) is 0 Å². The average molecular weight is 292 g/mol. The first-order valence-electron chi connectivity index (χ1n) is 8.47. The number of hydrogen-bond acceptors (Lipinski definition) is 4. The molecule has 1 aliphatic carbocycles. The second-order valence-electron chi connectivity index (χ2n) is 6.40. The Kier molecular flexibility index (Phi) is 5.33. The molecule has 0 radical (unpaired) electrons. The largest absolute Gasteiger partial charge is 0.468 e. The highest BCUT2D eigenvalue weighted by atomic mass is 16.5. The third-order valence-electron chi connectivity index (χ3n) is 4.43. The average Bonchev–Trinajstić information content (AvgIpc) is 3.03. The summed E-state index contributed by atoms with van der Waals surface area (Å²) < 4.78 is 11.7. The van der Waals surface area contributed by atoms with E-state index < -0.39 is 0 Å². The summed E-state index contributed by atoms with van der Waals surface area (Å²) in [5, 5.41) is 3.47. The minimum Gasteiger partial charge on any atom is -0.468 e. The fourth-order valence-electron chi connectivity index (χ4n) is 3.15. The quantitative estimate of drug-likeness (QED) is 0.710. The molecule has 0 bridgehead atoms. The Morgan fingerprint density at radius 1 is 1.24 bits per heavy atom. The van der Waals surface area contributed by atoms with E-state index >= 15 is 0 Å². The van der Waals surface area contributed by atoms with Crippen LogP contribution in [0.3, 0.4) is 0 Å². The van der Waals surface area contributed by atoms with Crippen molar-refractivity contribution in [1.29, 1.82) is 0 Å². The van der Waals surface area contributed by atoms with E-state index in [1.807, 2.05) is 6.07 Å². The van der Waals surface area contributed by atoms with Crippen LogP contribution in [0.5, 0.6) is 0 Å². The van der Waals surface area contributed by atoms with Gasteiger partial charge in [0.05, 0.1) is 25.0 Å². The highest BCUT2D eigenvalue weighted by molar-refractivity contribution is 5.00. The molecule has 1 saturated heterocycles. The van der Waals surface area contributed by atoms with E-state index in [2.05, 4.69) is 23.2 Å². The van der Waals surface area contributed by atoms with E-state index in [-0.39, 0.29) is 0 Å². The number of nitrogens with one attached hydrogen (secondary N) is 1. The normalized spacial score (nSPS) is 25.8. The van der Waals surface area contributed by atoms with Gasteiger partial charge in [-0.2, -0.15) is 0 Å². The minimum atomic E-state index is 0.397. The molecular weight excluding hydrogens is 264 g/mol. The fraction of sp³-hybridized carbons (Fsp3) is 0.765. The summed E-state index contributed by atoms with van der Waals surface area (Å²) in [6.45, 7) is 6.28. The first-order chi connectivity index (χ1) is 10.3. The summed E-state index contributed by atoms with van der Waals surface area (Å²) in [7, 11) is 0. The summed E-state index contributed by atoms with van der Waals surface area (Å²) in [6, 6.07) is 4.79. The van der Waals surface area contributed by atoms with Gasteiger partial charge in [-0.05, 0) is 50.8 Å².